The van der Waals surface area contributed by atoms with Gasteiger partial charge in [-0.3, -0.25) is 0 Å². The van der Waals surface area contributed by atoms with E-state index in [1.54, 1.807) is 0 Å². The predicted molar refractivity (Wildman–Crippen MR) is 62.0 cm³/mol. The van der Waals surface area contributed by atoms with Gasteiger partial charge in [-0.25, -0.2) is 17.6 Å². The van der Waals surface area contributed by atoms with Gasteiger partial charge in [-0.2, -0.15) is 0 Å². The first-order valence-electron chi connectivity index (χ1n) is 4.74. The van der Waals surface area contributed by atoms with Crippen molar-refractivity contribution < 1.29 is 22.3 Å². The molecule has 0 spiro atoms. The van der Waals surface area contributed by atoms with Crippen LogP contribution in [0.5, 0.6) is 0 Å². The van der Waals surface area contributed by atoms with Gasteiger partial charge in [0, 0.05) is 0 Å². The Labute approximate surface area is 106 Å². The van der Waals surface area contributed by atoms with Gasteiger partial charge in [-0.15, -0.1) is 0 Å². The molecule has 1 aliphatic heterocycles. The van der Waals surface area contributed by atoms with Gasteiger partial charge in [0.05, 0.1) is 21.5 Å². The van der Waals surface area contributed by atoms with E-state index in [9.17, 15) is 17.6 Å². The third kappa shape index (κ3) is 2.84. The van der Waals surface area contributed by atoms with Crippen LogP contribution in [0.3, 0.4) is 0 Å². The van der Waals surface area contributed by atoms with Crippen molar-refractivity contribution in [3.63, 3.8) is 0 Å². The highest BCUT2D eigenvalue weighted by molar-refractivity contribution is 9.10. The number of esters is 1. The van der Waals surface area contributed by atoms with Crippen molar-refractivity contribution in [2.45, 2.75) is 6.10 Å². The van der Waals surface area contributed by atoms with Crippen molar-refractivity contribution in [1.82, 2.24) is 0 Å². The van der Waals surface area contributed by atoms with E-state index in [4.69, 9.17) is 4.74 Å². The number of carbonyl (C=O) groups is 1. The summed E-state index contributed by atoms with van der Waals surface area (Å²) in [6.07, 6.45) is -0.587. The van der Waals surface area contributed by atoms with Crippen LogP contribution in [0.1, 0.15) is 10.4 Å². The van der Waals surface area contributed by atoms with Crippen molar-refractivity contribution in [2.75, 3.05) is 11.5 Å². The maximum absolute atomic E-state index is 12.9. The summed E-state index contributed by atoms with van der Waals surface area (Å²) in [4.78, 5) is 11.6. The van der Waals surface area contributed by atoms with Crippen LogP contribution in [0, 0.1) is 5.82 Å². The molecule has 0 bridgehead atoms. The Hall–Kier alpha value is -0.950. The SMILES string of the molecule is O=C(OC1CS(=O)(=O)C1)c1ccc(F)c(Br)c1. The number of carbonyl (C=O) groups excluding carboxylic acids is 1. The van der Waals surface area contributed by atoms with E-state index >= 15 is 0 Å². The number of sulfone groups is 1. The highest BCUT2D eigenvalue weighted by Crippen LogP contribution is 2.20. The molecule has 0 aliphatic carbocycles. The number of hydrogen-bond donors (Lipinski definition) is 0. The van der Waals surface area contributed by atoms with Crippen molar-refractivity contribution in [2.24, 2.45) is 0 Å². The molecule has 0 radical (unpaired) electrons. The minimum Gasteiger partial charge on any atom is -0.457 e. The predicted octanol–water partition coefficient (Wildman–Crippen LogP) is 1.54. The molecule has 0 N–H and O–H groups in total. The Kier molecular flexibility index (Phi) is 3.22. The molecule has 0 atom stereocenters. The zero-order valence-corrected chi connectivity index (χ0v) is 10.9. The number of ether oxygens (including phenoxy) is 1. The van der Waals surface area contributed by atoms with Crippen molar-refractivity contribution >= 4 is 31.7 Å². The fraction of sp³-hybridized carbons (Fsp3) is 0.300. The van der Waals surface area contributed by atoms with Gasteiger partial charge in [0.1, 0.15) is 11.9 Å². The smallest absolute Gasteiger partial charge is 0.338 e. The Morgan fingerprint density at radius 1 is 1.41 bits per heavy atom. The molecule has 2 rings (SSSR count). The molecule has 0 saturated carbocycles. The highest BCUT2D eigenvalue weighted by atomic mass is 79.9. The molecule has 17 heavy (non-hydrogen) atoms. The van der Waals surface area contributed by atoms with Crippen LogP contribution in [-0.2, 0) is 14.6 Å². The first kappa shape index (κ1) is 12.5. The molecule has 1 aliphatic rings. The van der Waals surface area contributed by atoms with E-state index in [1.807, 2.05) is 0 Å². The van der Waals surface area contributed by atoms with Crippen LogP contribution >= 0.6 is 15.9 Å². The van der Waals surface area contributed by atoms with Gasteiger partial charge >= 0.3 is 5.97 Å². The summed E-state index contributed by atoms with van der Waals surface area (Å²) in [6, 6.07) is 3.72. The third-order valence-electron chi connectivity index (χ3n) is 2.31. The van der Waals surface area contributed by atoms with E-state index in [1.165, 1.54) is 12.1 Å². The summed E-state index contributed by atoms with van der Waals surface area (Å²) >= 11 is 2.95. The second kappa shape index (κ2) is 4.38. The lowest BCUT2D eigenvalue weighted by Gasteiger charge is -2.25. The van der Waals surface area contributed by atoms with E-state index in [0.717, 1.165) is 6.07 Å². The second-order valence-corrected chi connectivity index (χ2v) is 6.74. The first-order chi connectivity index (χ1) is 7.87. The number of rotatable bonds is 2. The maximum atomic E-state index is 12.9. The Bertz CT molecular complexity index is 558. The van der Waals surface area contributed by atoms with Gasteiger partial charge in [-0.05, 0) is 34.1 Å². The number of hydrogen-bond acceptors (Lipinski definition) is 4. The molecular formula is C10H8BrFO4S. The Balaban J connectivity index is 2.03. The number of benzene rings is 1. The summed E-state index contributed by atoms with van der Waals surface area (Å²) in [5.41, 5.74) is 0.183. The highest BCUT2D eigenvalue weighted by Gasteiger charge is 2.36. The van der Waals surface area contributed by atoms with Crippen LogP contribution in [0.2, 0.25) is 0 Å². The largest absolute Gasteiger partial charge is 0.457 e. The van der Waals surface area contributed by atoms with Gasteiger partial charge in [0.25, 0.3) is 0 Å². The quantitative estimate of drug-likeness (QED) is 0.775. The molecule has 0 unspecified atom stereocenters. The molecule has 92 valence electrons. The number of halogens is 2. The lowest BCUT2D eigenvalue weighted by Crippen LogP contribution is -2.44. The van der Waals surface area contributed by atoms with Crippen molar-refractivity contribution in [1.29, 1.82) is 0 Å². The Morgan fingerprint density at radius 2 is 2.06 bits per heavy atom. The topological polar surface area (TPSA) is 60.4 Å². The van der Waals surface area contributed by atoms with E-state index < -0.39 is 27.7 Å². The van der Waals surface area contributed by atoms with Crippen molar-refractivity contribution in [3.05, 3.63) is 34.1 Å². The van der Waals surface area contributed by atoms with E-state index in [2.05, 4.69) is 15.9 Å². The molecule has 1 saturated heterocycles. The van der Waals surface area contributed by atoms with Gasteiger partial charge < -0.3 is 4.74 Å². The lowest BCUT2D eigenvalue weighted by atomic mass is 10.2. The summed E-state index contributed by atoms with van der Waals surface area (Å²) in [5.74, 6) is -1.40. The molecular weight excluding hydrogens is 315 g/mol. The maximum Gasteiger partial charge on any atom is 0.338 e. The molecule has 1 heterocycles. The molecule has 7 heteroatoms. The normalized spacial score (nSPS) is 18.5. The van der Waals surface area contributed by atoms with Crippen molar-refractivity contribution in [3.8, 4) is 0 Å². The minimum atomic E-state index is -3.02. The lowest BCUT2D eigenvalue weighted by molar-refractivity contribution is 0.0364. The van der Waals surface area contributed by atoms with Crippen LogP contribution in [-0.4, -0.2) is 32.0 Å². The van der Waals surface area contributed by atoms with Crippen LogP contribution < -0.4 is 0 Å². The van der Waals surface area contributed by atoms with E-state index in [0.29, 0.717) is 0 Å². The zero-order chi connectivity index (χ0) is 12.6. The molecule has 4 nitrogen and oxygen atoms in total. The summed E-state index contributed by atoms with van der Waals surface area (Å²) in [6.45, 7) is 0. The standard InChI is InChI=1S/C10H8BrFO4S/c11-8-3-6(1-2-9(8)12)10(13)16-7-4-17(14,15)5-7/h1-3,7H,4-5H2. The van der Waals surface area contributed by atoms with Gasteiger partial charge in [0.2, 0.25) is 0 Å². The summed E-state index contributed by atoms with van der Waals surface area (Å²) in [5, 5.41) is 0. The summed E-state index contributed by atoms with van der Waals surface area (Å²) in [7, 11) is -3.02. The zero-order valence-electron chi connectivity index (χ0n) is 8.52. The van der Waals surface area contributed by atoms with E-state index in [-0.39, 0.29) is 21.5 Å². The van der Waals surface area contributed by atoms with Crippen LogP contribution in [0.15, 0.2) is 22.7 Å². The van der Waals surface area contributed by atoms with Gasteiger partial charge in [-0.1, -0.05) is 0 Å². The molecule has 1 aromatic carbocycles. The van der Waals surface area contributed by atoms with Crippen LogP contribution in [0.25, 0.3) is 0 Å². The third-order valence-corrected chi connectivity index (χ3v) is 4.68. The second-order valence-electron chi connectivity index (χ2n) is 3.73. The summed E-state index contributed by atoms with van der Waals surface area (Å²) < 4.78 is 39.8. The fourth-order valence-corrected chi connectivity index (χ4v) is 2.98. The van der Waals surface area contributed by atoms with Crippen LogP contribution in [0.4, 0.5) is 4.39 Å². The molecule has 0 aromatic heterocycles. The molecule has 0 amide bonds. The fourth-order valence-electron chi connectivity index (χ4n) is 1.43. The van der Waals surface area contributed by atoms with Gasteiger partial charge in [0.15, 0.2) is 9.84 Å². The Morgan fingerprint density at radius 3 is 2.59 bits per heavy atom. The minimum absolute atomic E-state index is 0.138. The average molecular weight is 323 g/mol. The average Bonchev–Trinajstić information content (AvgIpc) is 2.19. The first-order valence-corrected chi connectivity index (χ1v) is 7.35. The monoisotopic (exact) mass is 322 g/mol. The molecule has 1 fully saturated rings. The molecule has 1 aromatic rings.